The van der Waals surface area contributed by atoms with E-state index in [0.717, 1.165) is 11.1 Å². The molecule has 0 aliphatic rings. The topological polar surface area (TPSA) is 151 Å². The third-order valence-electron chi connectivity index (χ3n) is 6.67. The molecule has 2 aromatic carbocycles. The molecule has 0 aliphatic carbocycles. The maximum absolute atomic E-state index is 13.6. The molecule has 39 heavy (non-hydrogen) atoms. The highest BCUT2D eigenvalue weighted by atomic mass is 16.4. The molecular weight excluding hydrogens is 496 g/mol. The number of hydrogen-bond donors (Lipinski definition) is 5. The summed E-state index contributed by atoms with van der Waals surface area (Å²) in [5.41, 5.74) is 7.68. The number of benzene rings is 2. The molecule has 2 aromatic rings. The Bertz CT molecular complexity index is 1080. The Morgan fingerprint density at radius 2 is 1.18 bits per heavy atom. The van der Waals surface area contributed by atoms with Crippen molar-refractivity contribution < 1.29 is 24.3 Å². The molecule has 9 nitrogen and oxygen atoms in total. The molecule has 5 atom stereocenters. The highest BCUT2D eigenvalue weighted by molar-refractivity contribution is 5.94. The van der Waals surface area contributed by atoms with Gasteiger partial charge in [0.05, 0.1) is 6.04 Å². The van der Waals surface area contributed by atoms with Gasteiger partial charge in [-0.15, -0.1) is 0 Å². The minimum Gasteiger partial charge on any atom is -0.480 e. The summed E-state index contributed by atoms with van der Waals surface area (Å²) in [4.78, 5) is 51.6. The van der Waals surface area contributed by atoms with Crippen LogP contribution in [0.15, 0.2) is 60.7 Å². The van der Waals surface area contributed by atoms with Crippen molar-refractivity contribution in [3.63, 3.8) is 0 Å². The second-order valence-electron chi connectivity index (χ2n) is 10.4. The molecular formula is C30H42N4O5. The molecule has 6 N–H and O–H groups in total. The van der Waals surface area contributed by atoms with Crippen LogP contribution in [-0.4, -0.2) is 53.0 Å². The predicted molar refractivity (Wildman–Crippen MR) is 151 cm³/mol. The molecule has 0 bridgehead atoms. The number of nitrogens with two attached hydrogens (primary N) is 1. The summed E-state index contributed by atoms with van der Waals surface area (Å²) in [7, 11) is 0. The molecule has 2 rings (SSSR count). The first-order valence-corrected chi connectivity index (χ1v) is 13.5. The lowest BCUT2D eigenvalue weighted by molar-refractivity contribution is -0.143. The number of carboxylic acids is 1. The van der Waals surface area contributed by atoms with Crippen molar-refractivity contribution in [1.29, 1.82) is 0 Å². The number of carbonyl (C=O) groups excluding carboxylic acids is 3. The van der Waals surface area contributed by atoms with Crippen molar-refractivity contribution >= 4 is 23.7 Å². The summed E-state index contributed by atoms with van der Waals surface area (Å²) < 4.78 is 0. The summed E-state index contributed by atoms with van der Waals surface area (Å²) in [6.07, 6.45) is 1.34. The fourth-order valence-electron chi connectivity index (χ4n) is 4.22. The third-order valence-corrected chi connectivity index (χ3v) is 6.67. The normalized spacial score (nSPS) is 14.9. The van der Waals surface area contributed by atoms with Crippen molar-refractivity contribution in [3.8, 4) is 0 Å². The molecule has 0 aliphatic heterocycles. The van der Waals surface area contributed by atoms with Crippen LogP contribution in [0.2, 0.25) is 0 Å². The van der Waals surface area contributed by atoms with Crippen LogP contribution < -0.4 is 21.7 Å². The Balaban J connectivity index is 2.31. The summed E-state index contributed by atoms with van der Waals surface area (Å²) >= 11 is 0. The number of rotatable bonds is 15. The minimum absolute atomic E-state index is 0.143. The first kappa shape index (κ1) is 31.5. The van der Waals surface area contributed by atoms with Gasteiger partial charge in [-0.05, 0) is 29.4 Å². The van der Waals surface area contributed by atoms with E-state index in [2.05, 4.69) is 16.0 Å². The van der Waals surface area contributed by atoms with Gasteiger partial charge in [-0.2, -0.15) is 0 Å². The maximum atomic E-state index is 13.6. The standard InChI is InChI=1S/C30H42N4O5/c1-5-20(4)26(30(38)39)34-29(37)25(18-22-14-10-7-11-15-22)33-28(36)24(17-21-12-8-6-9-13-21)32-27(35)23(31)16-19(2)3/h6-15,19-20,23-26H,5,16-18,31H2,1-4H3,(H,32,35)(H,33,36)(H,34,37)(H,38,39). The third kappa shape index (κ3) is 10.5. The minimum atomic E-state index is -1.14. The molecule has 0 heterocycles. The Kier molecular flexibility index (Phi) is 12.6. The van der Waals surface area contributed by atoms with Crippen molar-refractivity contribution in [2.75, 3.05) is 0 Å². The molecule has 212 valence electrons. The Labute approximate surface area is 230 Å². The van der Waals surface area contributed by atoms with E-state index in [1.807, 2.05) is 81.4 Å². The van der Waals surface area contributed by atoms with Crippen LogP contribution in [0.25, 0.3) is 0 Å². The zero-order valence-electron chi connectivity index (χ0n) is 23.2. The highest BCUT2D eigenvalue weighted by Gasteiger charge is 2.32. The second kappa shape index (κ2) is 15.6. The van der Waals surface area contributed by atoms with Crippen molar-refractivity contribution in [2.24, 2.45) is 17.6 Å². The van der Waals surface area contributed by atoms with Gasteiger partial charge < -0.3 is 26.8 Å². The maximum Gasteiger partial charge on any atom is 0.326 e. The molecule has 9 heteroatoms. The lowest BCUT2D eigenvalue weighted by Gasteiger charge is -2.27. The van der Waals surface area contributed by atoms with Gasteiger partial charge in [-0.1, -0.05) is 94.8 Å². The lowest BCUT2D eigenvalue weighted by atomic mass is 9.97. The van der Waals surface area contributed by atoms with E-state index in [1.54, 1.807) is 6.92 Å². The van der Waals surface area contributed by atoms with Gasteiger partial charge in [0.15, 0.2) is 0 Å². The number of aliphatic carboxylic acids is 1. The zero-order chi connectivity index (χ0) is 28.9. The van der Waals surface area contributed by atoms with Crippen LogP contribution in [0, 0.1) is 11.8 Å². The first-order chi connectivity index (χ1) is 18.5. The molecule has 0 radical (unpaired) electrons. The summed E-state index contributed by atoms with van der Waals surface area (Å²) in [6.45, 7) is 7.50. The molecule has 0 fully saturated rings. The van der Waals surface area contributed by atoms with Gasteiger partial charge in [0.1, 0.15) is 18.1 Å². The number of nitrogens with one attached hydrogen (secondary N) is 3. The summed E-state index contributed by atoms with van der Waals surface area (Å²) in [6, 6.07) is 14.4. The van der Waals surface area contributed by atoms with Crippen LogP contribution in [0.3, 0.4) is 0 Å². The second-order valence-corrected chi connectivity index (χ2v) is 10.4. The zero-order valence-corrected chi connectivity index (χ0v) is 23.2. The average molecular weight is 539 g/mol. The van der Waals surface area contributed by atoms with Gasteiger partial charge in [0, 0.05) is 12.8 Å². The van der Waals surface area contributed by atoms with Gasteiger partial charge in [0.2, 0.25) is 17.7 Å². The highest BCUT2D eigenvalue weighted by Crippen LogP contribution is 2.11. The molecule has 0 aromatic heterocycles. The van der Waals surface area contributed by atoms with E-state index in [0.29, 0.717) is 12.8 Å². The number of amides is 3. The van der Waals surface area contributed by atoms with Gasteiger partial charge in [0.25, 0.3) is 0 Å². The van der Waals surface area contributed by atoms with Gasteiger partial charge in [-0.3, -0.25) is 14.4 Å². The monoisotopic (exact) mass is 538 g/mol. The molecule has 0 spiro atoms. The van der Waals surface area contributed by atoms with Crippen LogP contribution in [0.1, 0.15) is 51.7 Å². The van der Waals surface area contributed by atoms with Gasteiger partial charge in [-0.25, -0.2) is 4.79 Å². The van der Waals surface area contributed by atoms with E-state index in [4.69, 9.17) is 5.73 Å². The lowest BCUT2D eigenvalue weighted by Crippen LogP contribution is -2.58. The Morgan fingerprint density at radius 1 is 0.744 bits per heavy atom. The van der Waals surface area contributed by atoms with Crippen molar-refractivity contribution in [1.82, 2.24) is 16.0 Å². The number of carboxylic acid groups (broad SMARTS) is 1. The van der Waals surface area contributed by atoms with Crippen LogP contribution in [0.5, 0.6) is 0 Å². The van der Waals surface area contributed by atoms with Crippen molar-refractivity contribution in [3.05, 3.63) is 71.8 Å². The SMILES string of the molecule is CCC(C)C(NC(=O)C(Cc1ccccc1)NC(=O)C(Cc1ccccc1)NC(=O)C(N)CC(C)C)C(=O)O. The smallest absolute Gasteiger partial charge is 0.326 e. The number of hydrogen-bond acceptors (Lipinski definition) is 5. The first-order valence-electron chi connectivity index (χ1n) is 13.5. The molecule has 0 saturated carbocycles. The van der Waals surface area contributed by atoms with E-state index in [1.165, 1.54) is 0 Å². The number of carbonyl (C=O) groups is 4. The van der Waals surface area contributed by atoms with Gasteiger partial charge >= 0.3 is 5.97 Å². The fourth-order valence-corrected chi connectivity index (χ4v) is 4.22. The van der Waals surface area contributed by atoms with Crippen LogP contribution in [0.4, 0.5) is 0 Å². The summed E-state index contributed by atoms with van der Waals surface area (Å²) in [5.74, 6) is -2.88. The average Bonchev–Trinajstić information content (AvgIpc) is 2.90. The Hall–Kier alpha value is -3.72. The van der Waals surface area contributed by atoms with Crippen LogP contribution >= 0.6 is 0 Å². The van der Waals surface area contributed by atoms with E-state index < -0.39 is 47.9 Å². The van der Waals surface area contributed by atoms with E-state index in [-0.39, 0.29) is 24.7 Å². The quantitative estimate of drug-likeness (QED) is 0.235. The molecule has 0 saturated heterocycles. The molecule has 5 unspecified atom stereocenters. The predicted octanol–water partition coefficient (Wildman–Crippen LogP) is 2.43. The van der Waals surface area contributed by atoms with E-state index in [9.17, 15) is 24.3 Å². The van der Waals surface area contributed by atoms with Crippen LogP contribution in [-0.2, 0) is 32.0 Å². The molecule has 3 amide bonds. The Morgan fingerprint density at radius 3 is 1.59 bits per heavy atom. The fraction of sp³-hybridized carbons (Fsp3) is 0.467. The van der Waals surface area contributed by atoms with Crippen molar-refractivity contribution in [2.45, 2.75) is 77.5 Å². The largest absolute Gasteiger partial charge is 0.480 e. The summed E-state index contributed by atoms with van der Waals surface area (Å²) in [5, 5.41) is 17.8. The van der Waals surface area contributed by atoms with E-state index >= 15 is 0 Å².